The Bertz CT molecular complexity index is 408. The largest absolute Gasteiger partial charge is 0.328 e. The monoisotopic (exact) mass is 210 g/mol. The van der Waals surface area contributed by atoms with E-state index in [1.807, 2.05) is 18.5 Å². The highest BCUT2D eigenvalue weighted by Crippen LogP contribution is 2.18. The second-order valence-corrected chi connectivity index (χ2v) is 3.40. The highest BCUT2D eigenvalue weighted by molar-refractivity contribution is 5.85. The molecule has 1 aromatic heterocycles. The number of imidazole rings is 1. The minimum Gasteiger partial charge on any atom is -0.328 e. The molecule has 1 heterocycles. The van der Waals surface area contributed by atoms with E-state index < -0.39 is 0 Å². The molecule has 0 aliphatic rings. The van der Waals surface area contributed by atoms with E-state index in [1.54, 1.807) is 0 Å². The van der Waals surface area contributed by atoms with Gasteiger partial charge in [0.25, 0.3) is 0 Å². The highest BCUT2D eigenvalue weighted by Gasteiger charge is 2.05. The number of nitrogens with zero attached hydrogens (tertiary/aromatic N) is 2. The minimum absolute atomic E-state index is 0. The van der Waals surface area contributed by atoms with Crippen molar-refractivity contribution in [3.05, 3.63) is 30.6 Å². The Kier molecular flexibility index (Phi) is 3.53. The molecule has 0 amide bonds. The van der Waals surface area contributed by atoms with Gasteiger partial charge in [0.15, 0.2) is 0 Å². The predicted molar refractivity (Wildman–Crippen MR) is 62.0 cm³/mol. The number of aromatic nitrogens is 2. The van der Waals surface area contributed by atoms with Crippen molar-refractivity contribution in [2.24, 2.45) is 0 Å². The molecule has 0 bridgehead atoms. The van der Waals surface area contributed by atoms with Crippen LogP contribution in [0.15, 0.2) is 30.6 Å². The number of benzene rings is 1. The maximum Gasteiger partial charge on any atom is 0.0960 e. The summed E-state index contributed by atoms with van der Waals surface area (Å²) >= 11 is 0. The van der Waals surface area contributed by atoms with Gasteiger partial charge in [0.2, 0.25) is 0 Å². The molecule has 14 heavy (non-hydrogen) atoms. The fraction of sp³-hybridized carbons (Fsp3) is 0.364. The molecule has 1 aromatic carbocycles. The highest BCUT2D eigenvalue weighted by atomic mass is 35.5. The van der Waals surface area contributed by atoms with Crippen LogP contribution in [-0.2, 0) is 0 Å². The molecule has 0 aliphatic heterocycles. The molecule has 0 saturated carbocycles. The summed E-state index contributed by atoms with van der Waals surface area (Å²) in [6.07, 6.45) is 3.07. The summed E-state index contributed by atoms with van der Waals surface area (Å²) in [5.41, 5.74) is 2.32. The molecule has 2 aromatic rings. The Morgan fingerprint density at radius 3 is 2.79 bits per heavy atom. The van der Waals surface area contributed by atoms with Crippen LogP contribution in [0, 0.1) is 0 Å². The fourth-order valence-electron chi connectivity index (χ4n) is 1.53. The average Bonchev–Trinajstić information content (AvgIpc) is 2.60. The summed E-state index contributed by atoms with van der Waals surface area (Å²) < 4.78 is 2.23. The van der Waals surface area contributed by atoms with Gasteiger partial charge >= 0.3 is 0 Å². The average molecular weight is 211 g/mol. The van der Waals surface area contributed by atoms with Crippen molar-refractivity contribution in [1.29, 1.82) is 0 Å². The van der Waals surface area contributed by atoms with Crippen LogP contribution in [0.3, 0.4) is 0 Å². The first-order valence-electron chi connectivity index (χ1n) is 4.74. The van der Waals surface area contributed by atoms with Gasteiger partial charge in [-0.15, -0.1) is 12.4 Å². The van der Waals surface area contributed by atoms with Gasteiger partial charge < -0.3 is 4.57 Å². The second kappa shape index (κ2) is 4.47. The predicted octanol–water partition coefficient (Wildman–Crippen LogP) is 3.43. The Morgan fingerprint density at radius 2 is 2.07 bits per heavy atom. The van der Waals surface area contributed by atoms with E-state index in [4.69, 9.17) is 0 Å². The molecule has 0 saturated heterocycles. The summed E-state index contributed by atoms with van der Waals surface area (Å²) in [6.45, 7) is 4.41. The third kappa shape index (κ3) is 1.75. The molecule has 1 atom stereocenters. The van der Waals surface area contributed by atoms with E-state index in [-0.39, 0.29) is 12.4 Å². The van der Waals surface area contributed by atoms with Crippen molar-refractivity contribution in [1.82, 2.24) is 9.55 Å². The summed E-state index contributed by atoms with van der Waals surface area (Å²) in [6, 6.07) is 8.79. The van der Waals surface area contributed by atoms with E-state index in [0.717, 1.165) is 11.9 Å². The van der Waals surface area contributed by atoms with Gasteiger partial charge in [0.1, 0.15) is 0 Å². The first kappa shape index (κ1) is 11.1. The zero-order valence-electron chi connectivity index (χ0n) is 8.47. The molecule has 0 aliphatic carbocycles. The lowest BCUT2D eigenvalue weighted by atomic mass is 10.2. The summed E-state index contributed by atoms with van der Waals surface area (Å²) in [5.74, 6) is 0. The molecule has 1 unspecified atom stereocenters. The van der Waals surface area contributed by atoms with Gasteiger partial charge in [-0.05, 0) is 25.5 Å². The molecule has 0 spiro atoms. The van der Waals surface area contributed by atoms with Crippen LogP contribution in [0.5, 0.6) is 0 Å². The maximum absolute atomic E-state index is 4.35. The van der Waals surface area contributed by atoms with Gasteiger partial charge in [0, 0.05) is 6.04 Å². The number of halogens is 1. The van der Waals surface area contributed by atoms with Crippen molar-refractivity contribution in [2.75, 3.05) is 0 Å². The van der Waals surface area contributed by atoms with Crippen LogP contribution >= 0.6 is 12.4 Å². The summed E-state index contributed by atoms with van der Waals surface area (Å²) in [7, 11) is 0. The van der Waals surface area contributed by atoms with Crippen LogP contribution in [0.4, 0.5) is 0 Å². The topological polar surface area (TPSA) is 17.8 Å². The molecule has 76 valence electrons. The van der Waals surface area contributed by atoms with Crippen molar-refractivity contribution in [3.8, 4) is 0 Å². The Labute approximate surface area is 90.4 Å². The van der Waals surface area contributed by atoms with Crippen LogP contribution in [0.1, 0.15) is 26.3 Å². The molecule has 2 rings (SSSR count). The van der Waals surface area contributed by atoms with E-state index in [1.165, 1.54) is 5.52 Å². The van der Waals surface area contributed by atoms with E-state index in [0.29, 0.717) is 6.04 Å². The standard InChI is InChI=1S/C11H14N2.ClH/c1-3-9(2)13-8-12-10-6-4-5-7-11(10)13;/h4-9H,3H2,1-2H3;1H. The van der Waals surface area contributed by atoms with E-state index >= 15 is 0 Å². The summed E-state index contributed by atoms with van der Waals surface area (Å²) in [5, 5.41) is 0. The van der Waals surface area contributed by atoms with Crippen LogP contribution in [0.25, 0.3) is 11.0 Å². The maximum atomic E-state index is 4.35. The minimum atomic E-state index is 0. The third-order valence-corrected chi connectivity index (χ3v) is 2.55. The number of hydrogen-bond acceptors (Lipinski definition) is 1. The Balaban J connectivity index is 0.000000980. The molecular weight excluding hydrogens is 196 g/mol. The first-order valence-corrected chi connectivity index (χ1v) is 4.74. The number of fused-ring (bicyclic) bond motifs is 1. The zero-order chi connectivity index (χ0) is 9.26. The quantitative estimate of drug-likeness (QED) is 0.743. The van der Waals surface area contributed by atoms with Crippen LogP contribution in [-0.4, -0.2) is 9.55 Å². The lowest BCUT2D eigenvalue weighted by molar-refractivity contribution is 0.544. The van der Waals surface area contributed by atoms with Crippen molar-refractivity contribution in [3.63, 3.8) is 0 Å². The summed E-state index contributed by atoms with van der Waals surface area (Å²) in [4.78, 5) is 4.35. The molecule has 0 radical (unpaired) electrons. The zero-order valence-corrected chi connectivity index (χ0v) is 9.29. The van der Waals surface area contributed by atoms with Gasteiger partial charge in [-0.3, -0.25) is 0 Å². The molecule has 0 fully saturated rings. The normalized spacial score (nSPS) is 12.4. The van der Waals surface area contributed by atoms with Crippen molar-refractivity contribution < 1.29 is 0 Å². The lowest BCUT2D eigenvalue weighted by Crippen LogP contribution is -2.01. The number of hydrogen-bond donors (Lipinski definition) is 0. The molecular formula is C11H15ClN2. The van der Waals surface area contributed by atoms with Gasteiger partial charge in [0.05, 0.1) is 17.4 Å². The van der Waals surface area contributed by atoms with Gasteiger partial charge in [-0.2, -0.15) is 0 Å². The molecule has 2 nitrogen and oxygen atoms in total. The number of rotatable bonds is 2. The smallest absolute Gasteiger partial charge is 0.0960 e. The SMILES string of the molecule is CCC(C)n1cnc2ccccc21.Cl. The van der Waals surface area contributed by atoms with E-state index in [2.05, 4.69) is 35.5 Å². The lowest BCUT2D eigenvalue weighted by Gasteiger charge is -2.10. The van der Waals surface area contributed by atoms with Crippen LogP contribution < -0.4 is 0 Å². The van der Waals surface area contributed by atoms with Crippen molar-refractivity contribution >= 4 is 23.4 Å². The van der Waals surface area contributed by atoms with Crippen LogP contribution in [0.2, 0.25) is 0 Å². The Hall–Kier alpha value is -1.02. The number of para-hydroxylation sites is 2. The van der Waals surface area contributed by atoms with Gasteiger partial charge in [-0.25, -0.2) is 4.98 Å². The first-order chi connectivity index (χ1) is 6.33. The van der Waals surface area contributed by atoms with E-state index in [9.17, 15) is 0 Å². The second-order valence-electron chi connectivity index (χ2n) is 3.40. The molecule has 3 heteroatoms. The Morgan fingerprint density at radius 1 is 1.36 bits per heavy atom. The molecule has 0 N–H and O–H groups in total. The van der Waals surface area contributed by atoms with Gasteiger partial charge in [-0.1, -0.05) is 19.1 Å². The third-order valence-electron chi connectivity index (χ3n) is 2.55. The van der Waals surface area contributed by atoms with Crippen molar-refractivity contribution in [2.45, 2.75) is 26.3 Å². The fourth-order valence-corrected chi connectivity index (χ4v) is 1.53.